The van der Waals surface area contributed by atoms with Gasteiger partial charge in [-0.25, -0.2) is 0 Å². The Morgan fingerprint density at radius 1 is 1.07 bits per heavy atom. The van der Waals surface area contributed by atoms with Crippen LogP contribution in [0.5, 0.6) is 5.75 Å². The number of rotatable bonds is 7. The van der Waals surface area contributed by atoms with Gasteiger partial charge in [-0.05, 0) is 69.2 Å². The zero-order valence-electron chi connectivity index (χ0n) is 17.6. The molecule has 2 rings (SSSR count). The van der Waals surface area contributed by atoms with E-state index in [0.29, 0.717) is 12.0 Å². The van der Waals surface area contributed by atoms with Crippen LogP contribution in [0.1, 0.15) is 53.9 Å². The van der Waals surface area contributed by atoms with Gasteiger partial charge in [0.25, 0.3) is 0 Å². The monoisotopic (exact) mass is 362 g/mol. The van der Waals surface area contributed by atoms with E-state index in [0.717, 1.165) is 5.75 Å². The molecule has 0 atom stereocenters. The number of hydrogen-bond acceptors (Lipinski definition) is 1. The first-order valence-electron chi connectivity index (χ1n) is 9.96. The van der Waals surface area contributed by atoms with Gasteiger partial charge >= 0.3 is 0 Å². The Hall–Kier alpha value is -2.28. The lowest BCUT2D eigenvalue weighted by Gasteiger charge is -2.32. The molecule has 27 heavy (non-hydrogen) atoms. The van der Waals surface area contributed by atoms with Crippen molar-refractivity contribution in [3.05, 3.63) is 89.1 Å². The summed E-state index contributed by atoms with van der Waals surface area (Å²) in [6, 6.07) is 9.91. The molecular formula is C26H34O. The molecular weight excluding hydrogens is 328 g/mol. The zero-order valence-corrected chi connectivity index (χ0v) is 17.6. The van der Waals surface area contributed by atoms with Crippen LogP contribution in [0.2, 0.25) is 0 Å². The van der Waals surface area contributed by atoms with Crippen LogP contribution in [0, 0.1) is 5.41 Å². The molecule has 0 aromatic heterocycles. The molecule has 1 aliphatic carbocycles. The van der Waals surface area contributed by atoms with Gasteiger partial charge < -0.3 is 4.74 Å². The molecule has 0 aliphatic heterocycles. The SMILES string of the molecule is CC1=C(\C=C/C(C)=C\C=C/C(C)=C\COc2ccccc2)C(C)(C)CCC1. The van der Waals surface area contributed by atoms with E-state index in [-0.39, 0.29) is 0 Å². The minimum absolute atomic E-state index is 0.299. The molecule has 1 nitrogen and oxygen atoms in total. The minimum atomic E-state index is 0.299. The van der Waals surface area contributed by atoms with Gasteiger partial charge in [-0.1, -0.05) is 79.1 Å². The predicted octanol–water partition coefficient (Wildman–Crippen LogP) is 7.60. The van der Waals surface area contributed by atoms with E-state index in [4.69, 9.17) is 4.74 Å². The van der Waals surface area contributed by atoms with Crippen LogP contribution in [0.3, 0.4) is 0 Å². The molecule has 1 aliphatic rings. The first-order valence-corrected chi connectivity index (χ1v) is 9.96. The van der Waals surface area contributed by atoms with Crippen molar-refractivity contribution >= 4 is 0 Å². The maximum atomic E-state index is 5.70. The maximum absolute atomic E-state index is 5.70. The van der Waals surface area contributed by atoms with E-state index in [1.54, 1.807) is 5.57 Å². The molecule has 0 spiro atoms. The number of para-hydroxylation sites is 1. The Morgan fingerprint density at radius 3 is 2.52 bits per heavy atom. The standard InChI is InChI=1S/C26H34O/c1-21(16-17-25-23(3)13-10-19-26(25,4)5)11-9-12-22(2)18-20-27-24-14-7-6-8-15-24/h6-9,11-12,14-18H,10,13,19-20H2,1-5H3/b12-9-,17-16-,21-11-,22-18-. The largest absolute Gasteiger partial charge is 0.490 e. The van der Waals surface area contributed by atoms with Crippen molar-refractivity contribution in [2.24, 2.45) is 5.41 Å². The summed E-state index contributed by atoms with van der Waals surface area (Å²) in [6.45, 7) is 11.9. The number of allylic oxidation sites excluding steroid dienone is 9. The molecule has 0 saturated heterocycles. The molecule has 1 aromatic rings. The van der Waals surface area contributed by atoms with Crippen LogP contribution >= 0.6 is 0 Å². The smallest absolute Gasteiger partial charge is 0.119 e. The third kappa shape index (κ3) is 7.09. The summed E-state index contributed by atoms with van der Waals surface area (Å²) >= 11 is 0. The van der Waals surface area contributed by atoms with Crippen molar-refractivity contribution in [3.8, 4) is 5.75 Å². The Kier molecular flexibility index (Phi) is 7.91. The first-order chi connectivity index (χ1) is 12.9. The molecule has 0 unspecified atom stereocenters. The highest BCUT2D eigenvalue weighted by Crippen LogP contribution is 2.40. The van der Waals surface area contributed by atoms with Crippen LogP contribution in [-0.2, 0) is 0 Å². The molecule has 0 bridgehead atoms. The lowest BCUT2D eigenvalue weighted by Crippen LogP contribution is -2.19. The second kappa shape index (κ2) is 10.2. The minimum Gasteiger partial charge on any atom is -0.490 e. The Bertz CT molecular complexity index is 755. The van der Waals surface area contributed by atoms with Crippen molar-refractivity contribution in [3.63, 3.8) is 0 Å². The van der Waals surface area contributed by atoms with E-state index in [2.05, 4.69) is 71.1 Å². The van der Waals surface area contributed by atoms with Crippen LogP contribution in [0.25, 0.3) is 0 Å². The van der Waals surface area contributed by atoms with Gasteiger partial charge in [0.15, 0.2) is 0 Å². The molecule has 0 saturated carbocycles. The van der Waals surface area contributed by atoms with Gasteiger partial charge in [-0.2, -0.15) is 0 Å². The second-order valence-corrected chi connectivity index (χ2v) is 8.11. The zero-order chi connectivity index (χ0) is 19.7. The average Bonchev–Trinajstić information content (AvgIpc) is 2.61. The van der Waals surface area contributed by atoms with Gasteiger partial charge in [0.2, 0.25) is 0 Å². The molecule has 0 fully saturated rings. The summed E-state index contributed by atoms with van der Waals surface area (Å²) in [5.41, 5.74) is 5.82. The lowest BCUT2D eigenvalue weighted by molar-refractivity contribution is 0.362. The van der Waals surface area contributed by atoms with Crippen molar-refractivity contribution in [1.29, 1.82) is 0 Å². The average molecular weight is 363 g/mol. The summed E-state index contributed by atoms with van der Waals surface area (Å²) in [5, 5.41) is 0. The Labute approximate surface area is 165 Å². The fourth-order valence-corrected chi connectivity index (χ4v) is 3.49. The van der Waals surface area contributed by atoms with Crippen molar-refractivity contribution < 1.29 is 4.74 Å². The van der Waals surface area contributed by atoms with Gasteiger partial charge in [0, 0.05) is 0 Å². The molecule has 0 heterocycles. The number of ether oxygens (including phenoxy) is 1. The highest BCUT2D eigenvalue weighted by molar-refractivity contribution is 5.37. The summed E-state index contributed by atoms with van der Waals surface area (Å²) < 4.78 is 5.70. The number of hydrogen-bond donors (Lipinski definition) is 0. The highest BCUT2D eigenvalue weighted by Gasteiger charge is 2.26. The molecule has 0 amide bonds. The van der Waals surface area contributed by atoms with E-state index >= 15 is 0 Å². The lowest BCUT2D eigenvalue weighted by atomic mass is 9.72. The van der Waals surface area contributed by atoms with E-state index < -0.39 is 0 Å². The molecule has 144 valence electrons. The van der Waals surface area contributed by atoms with Crippen molar-refractivity contribution in [2.45, 2.75) is 53.9 Å². The first kappa shape index (κ1) is 21.0. The van der Waals surface area contributed by atoms with E-state index in [1.165, 1.54) is 36.0 Å². The molecule has 1 heteroatoms. The number of benzene rings is 1. The molecule has 1 aromatic carbocycles. The molecule has 0 radical (unpaired) electrons. The quantitative estimate of drug-likeness (QED) is 0.454. The van der Waals surface area contributed by atoms with E-state index in [9.17, 15) is 0 Å². The van der Waals surface area contributed by atoms with Crippen LogP contribution in [0.4, 0.5) is 0 Å². The van der Waals surface area contributed by atoms with Gasteiger partial charge in [-0.3, -0.25) is 0 Å². The summed E-state index contributed by atoms with van der Waals surface area (Å²) in [5.74, 6) is 0.904. The van der Waals surface area contributed by atoms with Crippen molar-refractivity contribution in [1.82, 2.24) is 0 Å². The van der Waals surface area contributed by atoms with Crippen LogP contribution in [-0.4, -0.2) is 6.61 Å². The fraction of sp³-hybridized carbons (Fsp3) is 0.385. The van der Waals surface area contributed by atoms with Gasteiger partial charge in [-0.15, -0.1) is 0 Å². The maximum Gasteiger partial charge on any atom is 0.119 e. The third-order valence-electron chi connectivity index (χ3n) is 5.17. The van der Waals surface area contributed by atoms with Gasteiger partial charge in [0.1, 0.15) is 12.4 Å². The summed E-state index contributed by atoms with van der Waals surface area (Å²) in [4.78, 5) is 0. The van der Waals surface area contributed by atoms with Crippen LogP contribution < -0.4 is 4.74 Å². The highest BCUT2D eigenvalue weighted by atomic mass is 16.5. The summed E-state index contributed by atoms with van der Waals surface area (Å²) in [7, 11) is 0. The van der Waals surface area contributed by atoms with E-state index in [1.807, 2.05) is 30.3 Å². The van der Waals surface area contributed by atoms with Gasteiger partial charge in [0.05, 0.1) is 0 Å². The fourth-order valence-electron chi connectivity index (χ4n) is 3.49. The predicted molar refractivity (Wildman–Crippen MR) is 118 cm³/mol. The summed E-state index contributed by atoms with van der Waals surface area (Å²) in [6.07, 6.45) is 16.9. The normalized spacial score (nSPS) is 18.6. The third-order valence-corrected chi connectivity index (χ3v) is 5.17. The Morgan fingerprint density at radius 2 is 1.81 bits per heavy atom. The topological polar surface area (TPSA) is 9.23 Å². The van der Waals surface area contributed by atoms with Crippen LogP contribution in [0.15, 0.2) is 89.1 Å². The van der Waals surface area contributed by atoms with Crippen molar-refractivity contribution in [2.75, 3.05) is 6.61 Å². The second-order valence-electron chi connectivity index (χ2n) is 8.11. The Balaban J connectivity index is 1.89. The molecule has 0 N–H and O–H groups in total.